The maximum absolute atomic E-state index is 13.1. The van der Waals surface area contributed by atoms with E-state index in [4.69, 9.17) is 14.5 Å². The third-order valence-electron chi connectivity index (χ3n) is 5.55. The molecule has 2 heterocycles. The Labute approximate surface area is 181 Å². The molecule has 156 valence electrons. The summed E-state index contributed by atoms with van der Waals surface area (Å²) in [5, 5.41) is 1.90. The number of thioether (sulfide) groups is 1. The van der Waals surface area contributed by atoms with Crippen LogP contribution in [-0.2, 0) is 17.6 Å². The molecule has 1 aliphatic heterocycles. The molecule has 0 bridgehead atoms. The molecule has 1 aliphatic rings. The van der Waals surface area contributed by atoms with E-state index in [2.05, 4.69) is 26.0 Å². The maximum atomic E-state index is 13.1. The Kier molecular flexibility index (Phi) is 5.86. The first-order valence-corrected chi connectivity index (χ1v) is 11.1. The SMILES string of the molecule is CCc1cc2cc(OC)c(OC)cc2nc1SCC(=O)N1c2ccccc2C[C@@H]1C. The average Bonchev–Trinajstić information content (AvgIpc) is 3.11. The van der Waals surface area contributed by atoms with Crippen LogP contribution in [0.4, 0.5) is 5.69 Å². The molecule has 0 aliphatic carbocycles. The monoisotopic (exact) mass is 422 g/mol. The van der Waals surface area contributed by atoms with Gasteiger partial charge in [0, 0.05) is 23.2 Å². The Morgan fingerprint density at radius 3 is 2.63 bits per heavy atom. The van der Waals surface area contributed by atoms with Crippen molar-refractivity contribution in [1.82, 2.24) is 4.98 Å². The van der Waals surface area contributed by atoms with Gasteiger partial charge in [-0.15, -0.1) is 0 Å². The van der Waals surface area contributed by atoms with Crippen molar-refractivity contribution in [2.45, 2.75) is 37.8 Å². The van der Waals surface area contributed by atoms with Crippen molar-refractivity contribution in [2.24, 2.45) is 0 Å². The second-order valence-corrected chi connectivity index (χ2v) is 8.40. The first-order chi connectivity index (χ1) is 14.5. The molecule has 30 heavy (non-hydrogen) atoms. The summed E-state index contributed by atoms with van der Waals surface area (Å²) in [7, 11) is 3.25. The number of benzene rings is 2. The van der Waals surface area contributed by atoms with Crippen LogP contribution in [0.25, 0.3) is 10.9 Å². The quantitative estimate of drug-likeness (QED) is 0.530. The molecule has 0 spiro atoms. The minimum Gasteiger partial charge on any atom is -0.493 e. The van der Waals surface area contributed by atoms with Crippen molar-refractivity contribution >= 4 is 34.3 Å². The van der Waals surface area contributed by atoms with Crippen LogP contribution >= 0.6 is 11.8 Å². The van der Waals surface area contributed by atoms with E-state index in [1.807, 2.05) is 35.2 Å². The van der Waals surface area contributed by atoms with Gasteiger partial charge in [0.1, 0.15) is 5.03 Å². The molecule has 0 radical (unpaired) electrons. The fourth-order valence-electron chi connectivity index (χ4n) is 4.05. The van der Waals surface area contributed by atoms with Gasteiger partial charge >= 0.3 is 0 Å². The fraction of sp³-hybridized carbons (Fsp3) is 0.333. The molecule has 1 amide bonds. The van der Waals surface area contributed by atoms with Gasteiger partial charge in [0.05, 0.1) is 25.5 Å². The Hall–Kier alpha value is -2.73. The normalized spacial score (nSPS) is 15.3. The van der Waals surface area contributed by atoms with Gasteiger partial charge < -0.3 is 14.4 Å². The number of methoxy groups -OCH3 is 2. The minimum atomic E-state index is 0.119. The molecule has 6 heteroatoms. The number of anilines is 1. The number of nitrogens with zero attached hydrogens (tertiary/aromatic N) is 2. The molecule has 4 rings (SSSR count). The van der Waals surface area contributed by atoms with Gasteiger partial charge in [-0.3, -0.25) is 4.79 Å². The summed E-state index contributed by atoms with van der Waals surface area (Å²) in [6.07, 6.45) is 1.75. The molecule has 0 saturated carbocycles. The molecule has 0 N–H and O–H groups in total. The number of ether oxygens (including phenoxy) is 2. The lowest BCUT2D eigenvalue weighted by Crippen LogP contribution is -2.37. The van der Waals surface area contributed by atoms with E-state index < -0.39 is 0 Å². The molecule has 5 nitrogen and oxygen atoms in total. The van der Waals surface area contributed by atoms with E-state index >= 15 is 0 Å². The van der Waals surface area contributed by atoms with Gasteiger partial charge in [0.2, 0.25) is 5.91 Å². The van der Waals surface area contributed by atoms with Crippen LogP contribution in [0.3, 0.4) is 0 Å². The van der Waals surface area contributed by atoms with Gasteiger partial charge in [-0.1, -0.05) is 36.9 Å². The highest BCUT2D eigenvalue weighted by atomic mass is 32.2. The highest BCUT2D eigenvalue weighted by Crippen LogP contribution is 2.35. The Morgan fingerprint density at radius 1 is 1.17 bits per heavy atom. The second-order valence-electron chi connectivity index (χ2n) is 7.44. The number of rotatable bonds is 6. The number of aryl methyl sites for hydroxylation is 1. The lowest BCUT2D eigenvalue weighted by atomic mass is 10.1. The van der Waals surface area contributed by atoms with Crippen LogP contribution in [-0.4, -0.2) is 36.9 Å². The highest BCUT2D eigenvalue weighted by molar-refractivity contribution is 8.00. The number of hydrogen-bond donors (Lipinski definition) is 0. The molecule has 1 atom stereocenters. The standard InChI is InChI=1S/C24H26N2O3S/c1-5-16-11-18-12-21(28-3)22(29-4)13-19(18)25-24(16)30-14-23(27)26-15(2)10-17-8-6-7-9-20(17)26/h6-9,11-13,15H,5,10,14H2,1-4H3/t15-/m0/s1. The van der Waals surface area contributed by atoms with E-state index in [0.717, 1.165) is 40.0 Å². The topological polar surface area (TPSA) is 51.7 Å². The molecule has 1 aromatic heterocycles. The Bertz CT molecular complexity index is 1100. The first-order valence-electron chi connectivity index (χ1n) is 10.1. The highest BCUT2D eigenvalue weighted by Gasteiger charge is 2.30. The number of pyridine rings is 1. The van der Waals surface area contributed by atoms with Gasteiger partial charge in [-0.05, 0) is 49.1 Å². The lowest BCUT2D eigenvalue weighted by Gasteiger charge is -2.22. The predicted octanol–water partition coefficient (Wildman–Crippen LogP) is 4.88. The number of hydrogen-bond acceptors (Lipinski definition) is 5. The van der Waals surface area contributed by atoms with Crippen molar-refractivity contribution in [2.75, 3.05) is 24.9 Å². The minimum absolute atomic E-state index is 0.119. The third-order valence-corrected chi connectivity index (χ3v) is 6.57. The summed E-state index contributed by atoms with van der Waals surface area (Å²) in [4.78, 5) is 19.9. The van der Waals surface area contributed by atoms with Crippen LogP contribution in [0.1, 0.15) is 25.0 Å². The van der Waals surface area contributed by atoms with Crippen LogP contribution in [0.5, 0.6) is 11.5 Å². The molecule has 3 aromatic rings. The van der Waals surface area contributed by atoms with Crippen molar-refractivity contribution in [3.63, 3.8) is 0 Å². The van der Waals surface area contributed by atoms with Crippen LogP contribution in [0.2, 0.25) is 0 Å². The van der Waals surface area contributed by atoms with Crippen LogP contribution in [0.15, 0.2) is 47.5 Å². The van der Waals surface area contributed by atoms with Crippen molar-refractivity contribution < 1.29 is 14.3 Å². The predicted molar refractivity (Wildman–Crippen MR) is 122 cm³/mol. The van der Waals surface area contributed by atoms with Crippen molar-refractivity contribution in [1.29, 1.82) is 0 Å². The summed E-state index contributed by atoms with van der Waals surface area (Å²) < 4.78 is 10.8. The van der Waals surface area contributed by atoms with E-state index in [0.29, 0.717) is 17.3 Å². The average molecular weight is 423 g/mol. The Morgan fingerprint density at radius 2 is 1.90 bits per heavy atom. The largest absolute Gasteiger partial charge is 0.493 e. The summed E-state index contributed by atoms with van der Waals surface area (Å²) in [6.45, 7) is 4.21. The summed E-state index contributed by atoms with van der Waals surface area (Å²) in [6, 6.07) is 14.3. The molecule has 0 unspecified atom stereocenters. The number of carbonyl (C=O) groups excluding carboxylic acids is 1. The molecular formula is C24H26N2O3S. The molecule has 0 fully saturated rings. The third kappa shape index (κ3) is 3.72. The maximum Gasteiger partial charge on any atom is 0.237 e. The van der Waals surface area contributed by atoms with Gasteiger partial charge in [-0.2, -0.15) is 0 Å². The van der Waals surface area contributed by atoms with Crippen LogP contribution in [0, 0.1) is 0 Å². The zero-order valence-electron chi connectivity index (χ0n) is 17.8. The fourth-order valence-corrected chi connectivity index (χ4v) is 5.00. The molecule has 0 saturated heterocycles. The van der Waals surface area contributed by atoms with Crippen LogP contribution < -0.4 is 14.4 Å². The first kappa shape index (κ1) is 20.5. The summed E-state index contributed by atoms with van der Waals surface area (Å²) >= 11 is 1.51. The van der Waals surface area contributed by atoms with Crippen molar-refractivity contribution in [3.05, 3.63) is 53.6 Å². The summed E-state index contributed by atoms with van der Waals surface area (Å²) in [5.74, 6) is 1.81. The van der Waals surface area contributed by atoms with Gasteiger partial charge in [0.15, 0.2) is 11.5 Å². The number of amides is 1. The Balaban J connectivity index is 1.59. The van der Waals surface area contributed by atoms with Gasteiger partial charge in [0.25, 0.3) is 0 Å². The van der Waals surface area contributed by atoms with E-state index in [-0.39, 0.29) is 11.9 Å². The van der Waals surface area contributed by atoms with Crippen molar-refractivity contribution in [3.8, 4) is 11.5 Å². The lowest BCUT2D eigenvalue weighted by molar-refractivity contribution is -0.116. The smallest absolute Gasteiger partial charge is 0.237 e. The van der Waals surface area contributed by atoms with E-state index in [9.17, 15) is 4.79 Å². The number of carbonyl (C=O) groups is 1. The zero-order chi connectivity index (χ0) is 21.3. The van der Waals surface area contributed by atoms with E-state index in [1.165, 1.54) is 17.3 Å². The van der Waals surface area contributed by atoms with E-state index in [1.54, 1.807) is 14.2 Å². The second kappa shape index (κ2) is 8.56. The number of fused-ring (bicyclic) bond motifs is 2. The number of para-hydroxylation sites is 1. The molecule has 2 aromatic carbocycles. The summed E-state index contributed by atoms with van der Waals surface area (Å²) in [5.41, 5.74) is 4.24. The number of aromatic nitrogens is 1. The zero-order valence-corrected chi connectivity index (χ0v) is 18.6. The molecular weight excluding hydrogens is 396 g/mol. The van der Waals surface area contributed by atoms with Gasteiger partial charge in [-0.25, -0.2) is 4.98 Å².